The van der Waals surface area contributed by atoms with Gasteiger partial charge >= 0.3 is 0 Å². The number of nitrogens with two attached hydrogens (primary N) is 1. The van der Waals surface area contributed by atoms with Gasteiger partial charge in [0.25, 0.3) is 0 Å². The lowest BCUT2D eigenvalue weighted by Crippen LogP contribution is -2.01. The summed E-state index contributed by atoms with van der Waals surface area (Å²) in [6.07, 6.45) is 0.882. The van der Waals surface area contributed by atoms with E-state index in [4.69, 9.17) is 15.2 Å². The SMILES string of the molecule is COCCCOc1ccc(N)cc1Br. The minimum atomic E-state index is 0.649. The molecule has 0 spiro atoms. The largest absolute Gasteiger partial charge is 0.492 e. The average Bonchev–Trinajstić information content (AvgIpc) is 2.15. The first-order valence-corrected chi connectivity index (χ1v) is 5.20. The average molecular weight is 260 g/mol. The first kappa shape index (κ1) is 11.3. The fourth-order valence-corrected chi connectivity index (χ4v) is 1.53. The van der Waals surface area contributed by atoms with Crippen LogP contribution >= 0.6 is 15.9 Å². The Bertz CT molecular complexity index is 291. The topological polar surface area (TPSA) is 44.5 Å². The number of ether oxygens (including phenoxy) is 2. The Labute approximate surface area is 92.3 Å². The van der Waals surface area contributed by atoms with Crippen LogP contribution in [0.4, 0.5) is 5.69 Å². The summed E-state index contributed by atoms with van der Waals surface area (Å²) in [7, 11) is 1.68. The van der Waals surface area contributed by atoms with E-state index in [1.54, 1.807) is 7.11 Å². The van der Waals surface area contributed by atoms with Crippen LogP contribution in [0, 0.1) is 0 Å². The Hall–Kier alpha value is -0.740. The molecule has 14 heavy (non-hydrogen) atoms. The van der Waals surface area contributed by atoms with Crippen LogP contribution in [0.3, 0.4) is 0 Å². The Morgan fingerprint density at radius 1 is 1.36 bits per heavy atom. The van der Waals surface area contributed by atoms with Crippen LogP contribution < -0.4 is 10.5 Å². The number of hydrogen-bond acceptors (Lipinski definition) is 3. The zero-order chi connectivity index (χ0) is 10.4. The van der Waals surface area contributed by atoms with E-state index < -0.39 is 0 Å². The van der Waals surface area contributed by atoms with Gasteiger partial charge in [-0.2, -0.15) is 0 Å². The zero-order valence-electron chi connectivity index (χ0n) is 8.13. The predicted molar refractivity (Wildman–Crippen MR) is 60.5 cm³/mol. The summed E-state index contributed by atoms with van der Waals surface area (Å²) in [5.41, 5.74) is 6.32. The van der Waals surface area contributed by atoms with Crippen molar-refractivity contribution >= 4 is 21.6 Å². The molecule has 0 radical (unpaired) electrons. The highest BCUT2D eigenvalue weighted by molar-refractivity contribution is 9.10. The monoisotopic (exact) mass is 259 g/mol. The highest BCUT2D eigenvalue weighted by Crippen LogP contribution is 2.26. The van der Waals surface area contributed by atoms with Crippen molar-refractivity contribution in [3.63, 3.8) is 0 Å². The highest BCUT2D eigenvalue weighted by atomic mass is 79.9. The van der Waals surface area contributed by atoms with Crippen molar-refractivity contribution in [3.05, 3.63) is 22.7 Å². The summed E-state index contributed by atoms with van der Waals surface area (Å²) in [5, 5.41) is 0. The second-order valence-electron chi connectivity index (χ2n) is 2.88. The Balaban J connectivity index is 2.42. The van der Waals surface area contributed by atoms with Crippen LogP contribution in [-0.4, -0.2) is 20.3 Å². The minimum Gasteiger partial charge on any atom is -0.492 e. The molecule has 0 aliphatic heterocycles. The molecule has 0 atom stereocenters. The molecule has 0 saturated heterocycles. The standard InChI is InChI=1S/C10H14BrNO2/c1-13-5-2-6-14-10-4-3-8(12)7-9(10)11/h3-4,7H,2,5-6,12H2,1H3. The molecule has 1 aromatic rings. The normalized spacial score (nSPS) is 10.1. The van der Waals surface area contributed by atoms with Gasteiger partial charge in [-0.15, -0.1) is 0 Å². The van der Waals surface area contributed by atoms with Gasteiger partial charge in [0.15, 0.2) is 0 Å². The highest BCUT2D eigenvalue weighted by Gasteiger charge is 2.00. The summed E-state index contributed by atoms with van der Waals surface area (Å²) in [6, 6.07) is 5.49. The van der Waals surface area contributed by atoms with Gasteiger partial charge in [-0.1, -0.05) is 0 Å². The smallest absolute Gasteiger partial charge is 0.133 e. The van der Waals surface area contributed by atoms with Crippen LogP contribution in [0.2, 0.25) is 0 Å². The summed E-state index contributed by atoms with van der Waals surface area (Å²) in [5.74, 6) is 0.815. The van der Waals surface area contributed by atoms with Crippen molar-refractivity contribution in [1.82, 2.24) is 0 Å². The maximum Gasteiger partial charge on any atom is 0.133 e. The molecule has 0 unspecified atom stereocenters. The molecule has 0 aliphatic rings. The number of benzene rings is 1. The van der Waals surface area contributed by atoms with Gasteiger partial charge in [-0.05, 0) is 34.1 Å². The van der Waals surface area contributed by atoms with Gasteiger partial charge in [-0.3, -0.25) is 0 Å². The van der Waals surface area contributed by atoms with Crippen LogP contribution in [0.25, 0.3) is 0 Å². The molecule has 0 aromatic heterocycles. The van der Waals surface area contributed by atoms with Gasteiger partial charge in [-0.25, -0.2) is 0 Å². The first-order valence-electron chi connectivity index (χ1n) is 4.41. The molecule has 0 saturated carbocycles. The van der Waals surface area contributed by atoms with Crippen molar-refractivity contribution in [3.8, 4) is 5.75 Å². The van der Waals surface area contributed by atoms with E-state index in [1.165, 1.54) is 0 Å². The molecule has 0 heterocycles. The van der Waals surface area contributed by atoms with E-state index in [0.29, 0.717) is 13.2 Å². The van der Waals surface area contributed by atoms with Crippen LogP contribution in [-0.2, 0) is 4.74 Å². The maximum atomic E-state index is 5.60. The molecule has 78 valence electrons. The number of hydrogen-bond donors (Lipinski definition) is 1. The molecule has 0 fully saturated rings. The van der Waals surface area contributed by atoms with Gasteiger partial charge in [0.1, 0.15) is 5.75 Å². The summed E-state index contributed by atoms with van der Waals surface area (Å²) < 4.78 is 11.3. The second kappa shape index (κ2) is 5.88. The predicted octanol–water partition coefficient (Wildman–Crippen LogP) is 2.45. The molecule has 3 nitrogen and oxygen atoms in total. The molecule has 0 bridgehead atoms. The molecule has 1 rings (SSSR count). The fourth-order valence-electron chi connectivity index (χ4n) is 1.02. The summed E-state index contributed by atoms with van der Waals surface area (Å²) >= 11 is 3.38. The van der Waals surface area contributed by atoms with E-state index in [1.807, 2.05) is 18.2 Å². The molecular weight excluding hydrogens is 246 g/mol. The van der Waals surface area contributed by atoms with Gasteiger partial charge < -0.3 is 15.2 Å². The first-order chi connectivity index (χ1) is 6.74. The lowest BCUT2D eigenvalue weighted by Gasteiger charge is -2.08. The van der Waals surface area contributed by atoms with Crippen molar-refractivity contribution in [2.24, 2.45) is 0 Å². The summed E-state index contributed by atoms with van der Waals surface area (Å²) in [6.45, 7) is 1.36. The van der Waals surface area contributed by atoms with Crippen molar-refractivity contribution in [1.29, 1.82) is 0 Å². The van der Waals surface area contributed by atoms with Gasteiger partial charge in [0.2, 0.25) is 0 Å². The van der Waals surface area contributed by atoms with Gasteiger partial charge in [0, 0.05) is 25.8 Å². The van der Waals surface area contributed by atoms with Crippen LogP contribution in [0.1, 0.15) is 6.42 Å². The van der Waals surface area contributed by atoms with E-state index in [2.05, 4.69) is 15.9 Å². The molecular formula is C10H14BrNO2. The lowest BCUT2D eigenvalue weighted by molar-refractivity contribution is 0.172. The zero-order valence-corrected chi connectivity index (χ0v) is 9.71. The molecule has 0 aliphatic carbocycles. The number of rotatable bonds is 5. The third kappa shape index (κ3) is 3.55. The van der Waals surface area contributed by atoms with Crippen molar-refractivity contribution < 1.29 is 9.47 Å². The summed E-state index contributed by atoms with van der Waals surface area (Å²) in [4.78, 5) is 0. The number of halogens is 1. The number of anilines is 1. The molecule has 2 N–H and O–H groups in total. The van der Waals surface area contributed by atoms with Gasteiger partial charge in [0.05, 0.1) is 11.1 Å². The van der Waals surface area contributed by atoms with Crippen LogP contribution in [0.15, 0.2) is 22.7 Å². The molecule has 0 amide bonds. The van der Waals surface area contributed by atoms with E-state index >= 15 is 0 Å². The second-order valence-corrected chi connectivity index (χ2v) is 3.74. The Kier molecular flexibility index (Phi) is 4.76. The van der Waals surface area contributed by atoms with E-state index in [9.17, 15) is 0 Å². The van der Waals surface area contributed by atoms with Crippen molar-refractivity contribution in [2.75, 3.05) is 26.1 Å². The Morgan fingerprint density at radius 3 is 2.79 bits per heavy atom. The van der Waals surface area contributed by atoms with E-state index in [-0.39, 0.29) is 0 Å². The fraction of sp³-hybridized carbons (Fsp3) is 0.400. The number of methoxy groups -OCH3 is 1. The number of nitrogen functional groups attached to an aromatic ring is 1. The minimum absolute atomic E-state index is 0.649. The third-order valence-electron chi connectivity index (χ3n) is 1.71. The Morgan fingerprint density at radius 2 is 2.14 bits per heavy atom. The van der Waals surface area contributed by atoms with Crippen molar-refractivity contribution in [2.45, 2.75) is 6.42 Å². The van der Waals surface area contributed by atoms with E-state index in [0.717, 1.165) is 22.3 Å². The maximum absolute atomic E-state index is 5.60. The molecule has 1 aromatic carbocycles. The molecule has 4 heteroatoms. The third-order valence-corrected chi connectivity index (χ3v) is 2.33. The lowest BCUT2D eigenvalue weighted by atomic mass is 10.3. The quantitative estimate of drug-likeness (QED) is 0.653. The van der Waals surface area contributed by atoms with Crippen LogP contribution in [0.5, 0.6) is 5.75 Å².